The predicted molar refractivity (Wildman–Crippen MR) is 166 cm³/mol. The Labute approximate surface area is 252 Å². The van der Waals surface area contributed by atoms with E-state index in [2.05, 4.69) is 10.6 Å². The maximum Gasteiger partial charge on any atom is 0.253 e. The lowest BCUT2D eigenvalue weighted by Gasteiger charge is -2.27. The van der Waals surface area contributed by atoms with Crippen molar-refractivity contribution in [2.75, 3.05) is 18.4 Å². The van der Waals surface area contributed by atoms with E-state index in [1.54, 1.807) is 48.2 Å². The summed E-state index contributed by atoms with van der Waals surface area (Å²) in [5.41, 5.74) is 8.84. The largest absolute Gasteiger partial charge is 0.347 e. The van der Waals surface area contributed by atoms with Crippen molar-refractivity contribution in [1.82, 2.24) is 10.2 Å². The van der Waals surface area contributed by atoms with Crippen LogP contribution in [0.4, 0.5) is 10.1 Å². The van der Waals surface area contributed by atoms with E-state index < -0.39 is 23.8 Å². The molecule has 4 N–H and O–H groups in total. The van der Waals surface area contributed by atoms with Crippen LogP contribution in [0.3, 0.4) is 0 Å². The molecule has 3 amide bonds. The second kappa shape index (κ2) is 16.0. The maximum atomic E-state index is 13.5. The van der Waals surface area contributed by atoms with Crippen LogP contribution >= 0.6 is 11.6 Å². The molecule has 42 heavy (non-hydrogen) atoms. The van der Waals surface area contributed by atoms with Gasteiger partial charge in [-0.1, -0.05) is 50.6 Å². The Hall–Kier alpha value is -3.75. The van der Waals surface area contributed by atoms with Gasteiger partial charge in [-0.05, 0) is 85.8 Å². The number of carbonyl (C=O) groups is 3. The first-order valence-electron chi connectivity index (χ1n) is 14.4. The summed E-state index contributed by atoms with van der Waals surface area (Å²) in [6.07, 6.45) is 2.38. The van der Waals surface area contributed by atoms with Crippen molar-refractivity contribution in [2.45, 2.75) is 58.5 Å². The van der Waals surface area contributed by atoms with Crippen molar-refractivity contribution in [3.05, 3.63) is 100 Å². The molecule has 0 aliphatic heterocycles. The first kappa shape index (κ1) is 32.8. The monoisotopic (exact) mass is 594 g/mol. The van der Waals surface area contributed by atoms with Gasteiger partial charge >= 0.3 is 0 Å². The summed E-state index contributed by atoms with van der Waals surface area (Å²) in [5.74, 6) is -1.61. The van der Waals surface area contributed by atoms with Gasteiger partial charge in [0.2, 0.25) is 5.91 Å². The molecule has 0 bridgehead atoms. The quantitative estimate of drug-likeness (QED) is 0.210. The molecule has 3 aromatic rings. The van der Waals surface area contributed by atoms with Crippen molar-refractivity contribution in [1.29, 1.82) is 0 Å². The van der Waals surface area contributed by atoms with Gasteiger partial charge in [0.25, 0.3) is 11.8 Å². The lowest BCUT2D eigenvalue weighted by atomic mass is 9.91. The van der Waals surface area contributed by atoms with E-state index in [1.807, 2.05) is 26.0 Å². The van der Waals surface area contributed by atoms with Crippen LogP contribution in [0.2, 0.25) is 5.02 Å². The van der Waals surface area contributed by atoms with E-state index >= 15 is 0 Å². The zero-order chi connectivity index (χ0) is 30.6. The zero-order valence-electron chi connectivity index (χ0n) is 24.4. The van der Waals surface area contributed by atoms with Crippen molar-refractivity contribution in [3.8, 4) is 0 Å². The third-order valence-electron chi connectivity index (χ3n) is 7.03. The summed E-state index contributed by atoms with van der Waals surface area (Å²) < 4.78 is 13.2. The van der Waals surface area contributed by atoms with Gasteiger partial charge < -0.3 is 21.3 Å². The highest BCUT2D eigenvalue weighted by Crippen LogP contribution is 2.18. The van der Waals surface area contributed by atoms with Gasteiger partial charge in [-0.2, -0.15) is 0 Å². The minimum atomic E-state index is -0.576. The normalized spacial score (nSPS) is 13.1. The summed E-state index contributed by atoms with van der Waals surface area (Å²) in [5, 5.41) is 6.42. The van der Waals surface area contributed by atoms with E-state index in [-0.39, 0.29) is 24.1 Å². The minimum absolute atomic E-state index is 0.108. The zero-order valence-corrected chi connectivity index (χ0v) is 25.2. The lowest BCUT2D eigenvalue weighted by Crippen LogP contribution is -2.50. The minimum Gasteiger partial charge on any atom is -0.347 e. The molecular weight excluding hydrogens is 555 g/mol. The number of nitrogens with zero attached hydrogens (tertiary/aromatic N) is 1. The summed E-state index contributed by atoms with van der Waals surface area (Å²) in [4.78, 5) is 41.3. The Kier molecular flexibility index (Phi) is 12.5. The van der Waals surface area contributed by atoms with Crippen LogP contribution < -0.4 is 16.4 Å². The van der Waals surface area contributed by atoms with Crippen molar-refractivity contribution < 1.29 is 18.8 Å². The first-order chi connectivity index (χ1) is 20.1. The van der Waals surface area contributed by atoms with Gasteiger partial charge in [-0.25, -0.2) is 4.39 Å². The third kappa shape index (κ3) is 9.67. The van der Waals surface area contributed by atoms with Gasteiger partial charge in [-0.3, -0.25) is 14.4 Å². The molecule has 0 unspecified atom stereocenters. The van der Waals surface area contributed by atoms with Crippen LogP contribution in [0.25, 0.3) is 0 Å². The summed E-state index contributed by atoms with van der Waals surface area (Å²) >= 11 is 6.07. The molecule has 0 saturated heterocycles. The molecular formula is C33H40ClFN4O3. The number of benzene rings is 3. The van der Waals surface area contributed by atoms with Crippen LogP contribution in [0, 0.1) is 11.7 Å². The summed E-state index contributed by atoms with van der Waals surface area (Å²) in [7, 11) is 0. The molecule has 3 aromatic carbocycles. The molecule has 0 aromatic heterocycles. The molecule has 3 rings (SSSR count). The van der Waals surface area contributed by atoms with Crippen molar-refractivity contribution >= 4 is 35.0 Å². The number of halogens is 2. The lowest BCUT2D eigenvalue weighted by molar-refractivity contribution is -0.119. The van der Waals surface area contributed by atoms with Gasteiger partial charge in [0.05, 0.1) is 0 Å². The maximum absolute atomic E-state index is 13.5. The SMILES string of the molecule is CCCN(CCC)C(=O)c1cccc(C(=O)N[C@@H](Cc2ccc(Cl)cc2)[C@@H](N)C[C@@H](C)C(=O)Nc2ccc(F)cc2)c1. The fraction of sp³-hybridized carbons (Fsp3) is 0.364. The topological polar surface area (TPSA) is 105 Å². The second-order valence-electron chi connectivity index (χ2n) is 10.6. The highest BCUT2D eigenvalue weighted by atomic mass is 35.5. The third-order valence-corrected chi connectivity index (χ3v) is 7.29. The number of anilines is 1. The van der Waals surface area contributed by atoms with Crippen LogP contribution in [-0.2, 0) is 11.2 Å². The van der Waals surface area contributed by atoms with Crippen LogP contribution in [0.5, 0.6) is 0 Å². The standard InChI is InChI=1S/C33H40ClFN4O3/c1-4-17-39(18-5-2)33(42)25-8-6-7-24(21-25)32(41)38-30(20-23-9-11-26(34)12-10-23)29(36)19-22(3)31(40)37-28-15-13-27(35)14-16-28/h6-16,21-22,29-30H,4-5,17-20,36H2,1-3H3,(H,37,40)(H,38,41)/t22-,29+,30+/m1/s1. The fourth-order valence-electron chi connectivity index (χ4n) is 4.74. The molecule has 0 aliphatic rings. The van der Waals surface area contributed by atoms with E-state index in [9.17, 15) is 18.8 Å². The van der Waals surface area contributed by atoms with E-state index in [0.717, 1.165) is 18.4 Å². The Morgan fingerprint density at radius 2 is 1.55 bits per heavy atom. The Bertz CT molecular complexity index is 1330. The predicted octanol–water partition coefficient (Wildman–Crippen LogP) is 6.07. The molecule has 0 fully saturated rings. The van der Waals surface area contributed by atoms with Crippen LogP contribution in [-0.4, -0.2) is 47.8 Å². The Morgan fingerprint density at radius 1 is 0.929 bits per heavy atom. The van der Waals surface area contributed by atoms with Gasteiger partial charge in [0, 0.05) is 52.9 Å². The number of hydrogen-bond acceptors (Lipinski definition) is 4. The molecule has 3 atom stereocenters. The molecule has 0 saturated carbocycles. The van der Waals surface area contributed by atoms with Crippen molar-refractivity contribution in [2.24, 2.45) is 11.7 Å². The number of hydrogen-bond donors (Lipinski definition) is 3. The second-order valence-corrected chi connectivity index (χ2v) is 11.0. The molecule has 0 heterocycles. The summed E-state index contributed by atoms with van der Waals surface area (Å²) in [6, 6.07) is 18.4. The summed E-state index contributed by atoms with van der Waals surface area (Å²) in [6.45, 7) is 7.10. The highest BCUT2D eigenvalue weighted by molar-refractivity contribution is 6.30. The van der Waals surface area contributed by atoms with E-state index in [1.165, 1.54) is 24.3 Å². The highest BCUT2D eigenvalue weighted by Gasteiger charge is 2.26. The van der Waals surface area contributed by atoms with Crippen molar-refractivity contribution in [3.63, 3.8) is 0 Å². The first-order valence-corrected chi connectivity index (χ1v) is 14.8. The molecule has 9 heteroatoms. The van der Waals surface area contributed by atoms with Crippen LogP contribution in [0.1, 0.15) is 66.3 Å². The molecule has 224 valence electrons. The molecule has 0 radical (unpaired) electrons. The average molecular weight is 595 g/mol. The van der Waals surface area contributed by atoms with Gasteiger partial charge in [-0.15, -0.1) is 0 Å². The van der Waals surface area contributed by atoms with Gasteiger partial charge in [0.1, 0.15) is 5.82 Å². The molecule has 0 spiro atoms. The number of amides is 3. The Morgan fingerprint density at radius 3 is 2.17 bits per heavy atom. The van der Waals surface area contributed by atoms with E-state index in [4.69, 9.17) is 17.3 Å². The smallest absolute Gasteiger partial charge is 0.253 e. The molecule has 0 aliphatic carbocycles. The molecule has 7 nitrogen and oxygen atoms in total. The van der Waals surface area contributed by atoms with Crippen LogP contribution in [0.15, 0.2) is 72.8 Å². The number of carbonyl (C=O) groups excluding carboxylic acids is 3. The van der Waals surface area contributed by atoms with Gasteiger partial charge in [0.15, 0.2) is 0 Å². The van der Waals surface area contributed by atoms with E-state index in [0.29, 0.717) is 41.3 Å². The number of rotatable bonds is 14. The Balaban J connectivity index is 1.76. The fourth-order valence-corrected chi connectivity index (χ4v) is 4.87. The number of nitrogens with one attached hydrogen (secondary N) is 2. The number of nitrogens with two attached hydrogens (primary N) is 1. The average Bonchev–Trinajstić information content (AvgIpc) is 2.98.